The lowest BCUT2D eigenvalue weighted by Gasteiger charge is -2.37. The fourth-order valence-electron chi connectivity index (χ4n) is 9.97. The van der Waals surface area contributed by atoms with Crippen LogP contribution in [0.1, 0.15) is 113 Å². The molecule has 4 aromatic rings. The highest BCUT2D eigenvalue weighted by Gasteiger charge is 2.45. The number of nitrogens with one attached hydrogen (secondary N) is 3. The summed E-state index contributed by atoms with van der Waals surface area (Å²) in [5, 5.41) is 17.6. The molecule has 2 atom stereocenters. The van der Waals surface area contributed by atoms with Gasteiger partial charge in [-0.15, -0.1) is 0 Å². The second-order valence-corrected chi connectivity index (χ2v) is 18.3. The Bertz CT molecular complexity index is 2300. The van der Waals surface area contributed by atoms with Crippen molar-refractivity contribution in [3.8, 4) is 0 Å². The van der Waals surface area contributed by atoms with E-state index in [2.05, 4.69) is 73.6 Å². The zero-order valence-electron chi connectivity index (χ0n) is 35.2. The van der Waals surface area contributed by atoms with Crippen LogP contribution in [0.15, 0.2) is 60.9 Å². The summed E-state index contributed by atoms with van der Waals surface area (Å²) < 4.78 is 1.98. The van der Waals surface area contributed by atoms with E-state index in [0.717, 1.165) is 119 Å². The van der Waals surface area contributed by atoms with E-state index in [9.17, 15) is 24.0 Å². The average Bonchev–Trinajstić information content (AvgIpc) is 3.96. The monoisotopic (exact) mass is 828 g/mol. The first-order chi connectivity index (χ1) is 29.5. The number of carbonyl (C=O) groups excluding carboxylic acids is 5. The molecule has 3 fully saturated rings. The molecule has 3 N–H and O–H groups in total. The average molecular weight is 829 g/mol. The highest BCUT2D eigenvalue weighted by Crippen LogP contribution is 2.36. The van der Waals surface area contributed by atoms with Crippen LogP contribution in [-0.2, 0) is 22.4 Å². The van der Waals surface area contributed by atoms with Crippen LogP contribution in [0.5, 0.6) is 0 Å². The molecule has 61 heavy (non-hydrogen) atoms. The van der Waals surface area contributed by atoms with E-state index in [1.165, 1.54) is 5.56 Å². The number of imide groups is 2. The summed E-state index contributed by atoms with van der Waals surface area (Å²) in [6.45, 7) is 12.4. The van der Waals surface area contributed by atoms with E-state index in [1.54, 1.807) is 18.3 Å². The molecule has 5 aliphatic rings. The standard InChI is InChI=1S/C46H56N10O5/c1-46(2)17-12-35-37(27-46)50-51-41(35)43(59)48-32-28-47-55(29-32)38(31-6-4-3-5-7-31)16-19-53-24-22-52(23-25-53)18-13-30-14-20-54(21-15-30)33-8-9-34-36(26-33)45(61)56(44(34)60)39-10-11-40(57)49-42(39)58/h3-9,26,28-30,38-39H,10-25,27H2,1-2H3,(H,48,59)(H,50,51)(H,49,57,58)/t38-,39?/m0/s1. The van der Waals surface area contributed by atoms with Crippen LogP contribution in [0.25, 0.3) is 0 Å². The highest BCUT2D eigenvalue weighted by atomic mass is 16.2. The molecular formula is C46H56N10O5. The second-order valence-electron chi connectivity index (χ2n) is 18.3. The van der Waals surface area contributed by atoms with Crippen LogP contribution in [0.2, 0.25) is 0 Å². The van der Waals surface area contributed by atoms with Crippen molar-refractivity contribution in [1.82, 2.24) is 40.0 Å². The van der Waals surface area contributed by atoms with Crippen molar-refractivity contribution in [3.05, 3.63) is 94.6 Å². The molecule has 2 aromatic carbocycles. The maximum absolute atomic E-state index is 13.4. The minimum atomic E-state index is -0.961. The van der Waals surface area contributed by atoms with E-state index in [4.69, 9.17) is 5.10 Å². The zero-order chi connectivity index (χ0) is 42.3. The summed E-state index contributed by atoms with van der Waals surface area (Å²) in [7, 11) is 0. The molecule has 1 aliphatic carbocycles. The van der Waals surface area contributed by atoms with Crippen molar-refractivity contribution in [2.24, 2.45) is 11.3 Å². The van der Waals surface area contributed by atoms with Gasteiger partial charge in [0, 0.05) is 75.4 Å². The number of aromatic nitrogens is 4. The third kappa shape index (κ3) is 8.63. The highest BCUT2D eigenvalue weighted by molar-refractivity contribution is 6.23. The summed E-state index contributed by atoms with van der Waals surface area (Å²) in [5.74, 6) is -1.50. The van der Waals surface area contributed by atoms with E-state index in [-0.39, 0.29) is 36.1 Å². The lowest BCUT2D eigenvalue weighted by atomic mass is 9.76. The van der Waals surface area contributed by atoms with Gasteiger partial charge in [0.2, 0.25) is 11.8 Å². The van der Waals surface area contributed by atoms with Crippen LogP contribution < -0.4 is 15.5 Å². The molecule has 2 aromatic heterocycles. The molecular weight excluding hydrogens is 773 g/mol. The molecule has 0 saturated carbocycles. The Morgan fingerprint density at radius 1 is 0.885 bits per heavy atom. The first kappa shape index (κ1) is 40.7. The third-order valence-electron chi connectivity index (χ3n) is 13.7. The van der Waals surface area contributed by atoms with E-state index < -0.39 is 23.8 Å². The van der Waals surface area contributed by atoms with Crippen LogP contribution >= 0.6 is 0 Å². The fourth-order valence-corrected chi connectivity index (χ4v) is 9.97. The quantitative estimate of drug-likeness (QED) is 0.171. The summed E-state index contributed by atoms with van der Waals surface area (Å²) in [6, 6.07) is 14.9. The number of piperazine rings is 1. The largest absolute Gasteiger partial charge is 0.371 e. The lowest BCUT2D eigenvalue weighted by molar-refractivity contribution is -0.136. The van der Waals surface area contributed by atoms with Crippen molar-refractivity contribution in [3.63, 3.8) is 0 Å². The van der Waals surface area contributed by atoms with E-state index in [1.807, 2.05) is 23.0 Å². The van der Waals surface area contributed by atoms with Crippen molar-refractivity contribution in [1.29, 1.82) is 0 Å². The Balaban J connectivity index is 0.729. The number of nitrogens with zero attached hydrogens (tertiary/aromatic N) is 7. The molecule has 5 amide bonds. The number of hydrogen-bond acceptors (Lipinski definition) is 10. The van der Waals surface area contributed by atoms with Gasteiger partial charge in [0.05, 0.1) is 29.1 Å². The zero-order valence-corrected chi connectivity index (χ0v) is 35.2. The van der Waals surface area contributed by atoms with Gasteiger partial charge in [-0.25, -0.2) is 0 Å². The van der Waals surface area contributed by atoms with Gasteiger partial charge in [0.1, 0.15) is 6.04 Å². The molecule has 15 heteroatoms. The number of aromatic amines is 1. The van der Waals surface area contributed by atoms with Gasteiger partial charge in [-0.3, -0.25) is 44.0 Å². The smallest absolute Gasteiger partial charge is 0.276 e. The number of rotatable bonds is 12. The molecule has 0 spiro atoms. The number of piperidine rings is 2. The first-order valence-electron chi connectivity index (χ1n) is 22.0. The van der Waals surface area contributed by atoms with Crippen molar-refractivity contribution in [2.45, 2.75) is 83.7 Å². The SMILES string of the molecule is CC1(C)CCc2c(C(=O)Nc3cnn([C@@H](CCN4CCN(CCC5CCN(c6ccc7c(c6)C(=O)N(C6CCC(=O)NC6=O)C7=O)CC5)CC4)c4ccccc4)c3)n[nH]c2C1. The molecule has 0 radical (unpaired) electrons. The number of anilines is 2. The maximum Gasteiger partial charge on any atom is 0.276 e. The van der Waals surface area contributed by atoms with Crippen LogP contribution in [0, 0.1) is 11.3 Å². The topological polar surface area (TPSA) is 169 Å². The van der Waals surface area contributed by atoms with Gasteiger partial charge < -0.3 is 20.0 Å². The lowest BCUT2D eigenvalue weighted by Crippen LogP contribution is -2.54. The predicted octanol–water partition coefficient (Wildman–Crippen LogP) is 4.68. The van der Waals surface area contributed by atoms with Crippen molar-refractivity contribution < 1.29 is 24.0 Å². The first-order valence-corrected chi connectivity index (χ1v) is 22.0. The van der Waals surface area contributed by atoms with Gasteiger partial charge in [-0.05, 0) is 93.0 Å². The molecule has 9 rings (SSSR count). The van der Waals surface area contributed by atoms with Crippen LogP contribution in [-0.4, -0.2) is 123 Å². The number of benzene rings is 2. The number of carbonyl (C=O) groups is 5. The molecule has 15 nitrogen and oxygen atoms in total. The fraction of sp³-hybridized carbons (Fsp3) is 0.500. The van der Waals surface area contributed by atoms with E-state index >= 15 is 0 Å². The number of amides is 5. The van der Waals surface area contributed by atoms with Crippen LogP contribution in [0.4, 0.5) is 11.4 Å². The molecule has 1 unspecified atom stereocenters. The van der Waals surface area contributed by atoms with Gasteiger partial charge in [-0.2, -0.15) is 10.2 Å². The Kier molecular flexibility index (Phi) is 11.4. The van der Waals surface area contributed by atoms with Crippen molar-refractivity contribution >= 4 is 40.9 Å². The summed E-state index contributed by atoms with van der Waals surface area (Å²) >= 11 is 0. The predicted molar refractivity (Wildman–Crippen MR) is 229 cm³/mol. The van der Waals surface area contributed by atoms with Gasteiger partial charge in [0.25, 0.3) is 17.7 Å². The third-order valence-corrected chi connectivity index (χ3v) is 13.7. The molecule has 0 bridgehead atoms. The Morgan fingerprint density at radius 2 is 1.62 bits per heavy atom. The van der Waals surface area contributed by atoms with Gasteiger partial charge >= 0.3 is 0 Å². The Morgan fingerprint density at radius 3 is 2.38 bits per heavy atom. The Hall–Kier alpha value is -5.67. The number of H-pyrrole nitrogens is 1. The van der Waals surface area contributed by atoms with Gasteiger partial charge in [-0.1, -0.05) is 44.2 Å². The van der Waals surface area contributed by atoms with E-state index in [0.29, 0.717) is 28.4 Å². The number of fused-ring (bicyclic) bond motifs is 2. The van der Waals surface area contributed by atoms with Crippen molar-refractivity contribution in [2.75, 3.05) is 62.6 Å². The normalized spacial score (nSPS) is 21.6. The molecule has 3 saturated heterocycles. The van der Waals surface area contributed by atoms with Gasteiger partial charge in [0.15, 0.2) is 5.69 Å². The molecule has 320 valence electrons. The van der Waals surface area contributed by atoms with Crippen LogP contribution in [0.3, 0.4) is 0 Å². The summed E-state index contributed by atoms with van der Waals surface area (Å²) in [6.07, 6.45) is 10.9. The summed E-state index contributed by atoms with van der Waals surface area (Å²) in [5.41, 5.74) is 6.19. The molecule has 4 aliphatic heterocycles. The second kappa shape index (κ2) is 17.0. The maximum atomic E-state index is 13.4. The molecule has 6 heterocycles. The Labute approximate surface area is 356 Å². The minimum Gasteiger partial charge on any atom is -0.371 e. The summed E-state index contributed by atoms with van der Waals surface area (Å²) in [4.78, 5) is 72.4. The number of hydrogen-bond donors (Lipinski definition) is 3. The minimum absolute atomic E-state index is 0.0310.